The van der Waals surface area contributed by atoms with E-state index in [0.29, 0.717) is 6.04 Å². The molecule has 1 unspecified atom stereocenters. The number of likely N-dealkylation sites (N-methyl/N-ethyl adjacent to an activating group) is 1. The Kier molecular flexibility index (Phi) is 7.84. The summed E-state index contributed by atoms with van der Waals surface area (Å²) in [5.41, 5.74) is 0. The molecule has 0 saturated heterocycles. The van der Waals surface area contributed by atoms with Crippen molar-refractivity contribution >= 4 is 0 Å². The van der Waals surface area contributed by atoms with Crippen LogP contribution in [-0.4, -0.2) is 31.1 Å². The molecule has 1 atom stereocenters. The Labute approximate surface area is 118 Å². The average Bonchev–Trinajstić information content (AvgIpc) is 2.96. The highest BCUT2D eigenvalue weighted by atomic mass is 16.3. The Morgan fingerprint density at radius 2 is 2.00 bits per heavy atom. The van der Waals surface area contributed by atoms with E-state index < -0.39 is 0 Å². The Morgan fingerprint density at radius 3 is 2.53 bits per heavy atom. The van der Waals surface area contributed by atoms with Gasteiger partial charge in [0.25, 0.3) is 0 Å². The van der Waals surface area contributed by atoms with Crippen LogP contribution in [0.1, 0.15) is 52.3 Å². The monoisotopic (exact) mass is 266 g/mol. The van der Waals surface area contributed by atoms with Crippen molar-refractivity contribution in [1.29, 1.82) is 0 Å². The lowest BCUT2D eigenvalue weighted by atomic mass is 10.0. The second kappa shape index (κ2) is 9.16. The number of rotatable bonds is 10. The van der Waals surface area contributed by atoms with E-state index in [-0.39, 0.29) is 0 Å². The lowest BCUT2D eigenvalue weighted by Gasteiger charge is -2.25. The maximum Gasteiger partial charge on any atom is 0.120 e. The number of hydrogen-bond donors (Lipinski definition) is 1. The van der Waals surface area contributed by atoms with E-state index in [4.69, 9.17) is 4.42 Å². The molecule has 19 heavy (non-hydrogen) atoms. The summed E-state index contributed by atoms with van der Waals surface area (Å²) in [7, 11) is 0. The fourth-order valence-electron chi connectivity index (χ4n) is 2.37. The standard InChI is InChI=1S/C16H30N2O/c1-5-15(6-2)13-18(7-3)11-10-17-14(4)16-9-8-12-19-16/h8-9,12,14-15,17H,5-7,10-11,13H2,1-4H3. The van der Waals surface area contributed by atoms with Crippen molar-refractivity contribution in [3.05, 3.63) is 24.2 Å². The lowest BCUT2D eigenvalue weighted by molar-refractivity contribution is 0.230. The van der Waals surface area contributed by atoms with E-state index in [1.807, 2.05) is 12.1 Å². The number of furan rings is 1. The third-order valence-corrected chi connectivity index (χ3v) is 3.97. The molecule has 0 aliphatic carbocycles. The van der Waals surface area contributed by atoms with Crippen LogP contribution < -0.4 is 5.32 Å². The zero-order valence-electron chi connectivity index (χ0n) is 13.0. The molecule has 1 heterocycles. The molecule has 1 N–H and O–H groups in total. The SMILES string of the molecule is CCC(CC)CN(CC)CCNC(C)c1ccco1. The molecule has 0 spiro atoms. The van der Waals surface area contributed by atoms with E-state index >= 15 is 0 Å². The van der Waals surface area contributed by atoms with Gasteiger partial charge in [-0.3, -0.25) is 0 Å². The normalized spacial score (nSPS) is 13.4. The maximum absolute atomic E-state index is 5.40. The predicted octanol–water partition coefficient (Wildman–Crippen LogP) is 3.69. The van der Waals surface area contributed by atoms with Crippen molar-refractivity contribution in [3.8, 4) is 0 Å². The van der Waals surface area contributed by atoms with Gasteiger partial charge in [0.1, 0.15) is 5.76 Å². The molecule has 0 aromatic carbocycles. The first-order chi connectivity index (χ1) is 9.21. The van der Waals surface area contributed by atoms with Crippen molar-refractivity contribution in [1.82, 2.24) is 10.2 Å². The van der Waals surface area contributed by atoms with Crippen molar-refractivity contribution in [2.24, 2.45) is 5.92 Å². The molecule has 0 aliphatic rings. The number of nitrogens with zero attached hydrogens (tertiary/aromatic N) is 1. The molecule has 0 saturated carbocycles. The van der Waals surface area contributed by atoms with Gasteiger partial charge in [0.2, 0.25) is 0 Å². The largest absolute Gasteiger partial charge is 0.468 e. The molecule has 0 aliphatic heterocycles. The first-order valence-corrected chi connectivity index (χ1v) is 7.70. The van der Waals surface area contributed by atoms with Crippen LogP contribution in [0.25, 0.3) is 0 Å². The molecule has 0 bridgehead atoms. The Bertz CT molecular complexity index is 307. The lowest BCUT2D eigenvalue weighted by Crippen LogP contribution is -2.36. The number of hydrogen-bond acceptors (Lipinski definition) is 3. The van der Waals surface area contributed by atoms with E-state index in [2.05, 4.69) is 37.9 Å². The number of nitrogens with one attached hydrogen (secondary N) is 1. The van der Waals surface area contributed by atoms with Gasteiger partial charge in [-0.15, -0.1) is 0 Å². The molecule has 110 valence electrons. The van der Waals surface area contributed by atoms with Crippen LogP contribution in [0.4, 0.5) is 0 Å². The van der Waals surface area contributed by atoms with Gasteiger partial charge in [0.15, 0.2) is 0 Å². The minimum atomic E-state index is 0.293. The second-order valence-electron chi connectivity index (χ2n) is 5.27. The molecule has 0 amide bonds. The predicted molar refractivity (Wildman–Crippen MR) is 81.3 cm³/mol. The van der Waals surface area contributed by atoms with Crippen LogP contribution in [0.2, 0.25) is 0 Å². The quantitative estimate of drug-likeness (QED) is 0.700. The highest BCUT2D eigenvalue weighted by Gasteiger charge is 2.11. The van der Waals surface area contributed by atoms with Crippen LogP contribution in [0.3, 0.4) is 0 Å². The Hall–Kier alpha value is -0.800. The highest BCUT2D eigenvalue weighted by molar-refractivity contribution is 5.02. The van der Waals surface area contributed by atoms with Crippen LogP contribution in [-0.2, 0) is 0 Å². The van der Waals surface area contributed by atoms with Gasteiger partial charge >= 0.3 is 0 Å². The molecule has 3 heteroatoms. The molecule has 1 aromatic rings. The summed E-state index contributed by atoms with van der Waals surface area (Å²) in [6.07, 6.45) is 4.30. The average molecular weight is 266 g/mol. The van der Waals surface area contributed by atoms with E-state index in [1.165, 1.54) is 19.4 Å². The van der Waals surface area contributed by atoms with Crippen molar-refractivity contribution in [2.75, 3.05) is 26.2 Å². The van der Waals surface area contributed by atoms with Gasteiger partial charge < -0.3 is 14.6 Å². The van der Waals surface area contributed by atoms with Crippen LogP contribution in [0, 0.1) is 5.92 Å². The summed E-state index contributed by atoms with van der Waals surface area (Å²) >= 11 is 0. The summed E-state index contributed by atoms with van der Waals surface area (Å²) in [4.78, 5) is 2.54. The summed E-state index contributed by atoms with van der Waals surface area (Å²) in [5, 5.41) is 3.52. The van der Waals surface area contributed by atoms with Crippen molar-refractivity contribution in [3.63, 3.8) is 0 Å². The Morgan fingerprint density at radius 1 is 1.26 bits per heavy atom. The molecule has 1 aromatic heterocycles. The van der Waals surface area contributed by atoms with Crippen molar-refractivity contribution in [2.45, 2.75) is 46.6 Å². The van der Waals surface area contributed by atoms with Crippen LogP contribution >= 0.6 is 0 Å². The smallest absolute Gasteiger partial charge is 0.120 e. The van der Waals surface area contributed by atoms with E-state index in [1.54, 1.807) is 6.26 Å². The zero-order chi connectivity index (χ0) is 14.1. The summed E-state index contributed by atoms with van der Waals surface area (Å²) in [6.45, 7) is 13.5. The first kappa shape index (κ1) is 16.3. The third-order valence-electron chi connectivity index (χ3n) is 3.97. The van der Waals surface area contributed by atoms with Gasteiger partial charge in [0.05, 0.1) is 12.3 Å². The Balaban J connectivity index is 2.25. The van der Waals surface area contributed by atoms with Gasteiger partial charge in [-0.2, -0.15) is 0 Å². The highest BCUT2D eigenvalue weighted by Crippen LogP contribution is 2.12. The minimum absolute atomic E-state index is 0.293. The maximum atomic E-state index is 5.40. The zero-order valence-corrected chi connectivity index (χ0v) is 13.0. The van der Waals surface area contributed by atoms with E-state index in [0.717, 1.165) is 31.3 Å². The summed E-state index contributed by atoms with van der Waals surface area (Å²) in [5.74, 6) is 1.85. The van der Waals surface area contributed by atoms with Gasteiger partial charge in [0, 0.05) is 19.6 Å². The fraction of sp³-hybridized carbons (Fsp3) is 0.750. The molecule has 0 fully saturated rings. The van der Waals surface area contributed by atoms with Crippen LogP contribution in [0.15, 0.2) is 22.8 Å². The summed E-state index contributed by atoms with van der Waals surface area (Å²) in [6, 6.07) is 4.26. The van der Waals surface area contributed by atoms with Crippen LogP contribution in [0.5, 0.6) is 0 Å². The third kappa shape index (κ3) is 5.79. The summed E-state index contributed by atoms with van der Waals surface area (Å²) < 4.78 is 5.40. The van der Waals surface area contributed by atoms with Gasteiger partial charge in [-0.1, -0.05) is 33.6 Å². The van der Waals surface area contributed by atoms with E-state index in [9.17, 15) is 0 Å². The molecule has 0 radical (unpaired) electrons. The minimum Gasteiger partial charge on any atom is -0.468 e. The second-order valence-corrected chi connectivity index (χ2v) is 5.27. The molecule has 1 rings (SSSR count). The fourth-order valence-corrected chi connectivity index (χ4v) is 2.37. The van der Waals surface area contributed by atoms with Gasteiger partial charge in [-0.05, 0) is 31.5 Å². The molecular weight excluding hydrogens is 236 g/mol. The molecular formula is C16H30N2O. The van der Waals surface area contributed by atoms with Crippen molar-refractivity contribution < 1.29 is 4.42 Å². The molecule has 3 nitrogen and oxygen atoms in total. The van der Waals surface area contributed by atoms with Gasteiger partial charge in [-0.25, -0.2) is 0 Å². The topological polar surface area (TPSA) is 28.4 Å². The first-order valence-electron chi connectivity index (χ1n) is 7.70.